The Morgan fingerprint density at radius 1 is 1.17 bits per heavy atom. The fourth-order valence-electron chi connectivity index (χ4n) is 4.74. The van der Waals surface area contributed by atoms with Crippen molar-refractivity contribution < 1.29 is 22.0 Å². The number of sulfonamides is 1. The van der Waals surface area contributed by atoms with Crippen LogP contribution in [0, 0.1) is 5.92 Å². The second-order valence-corrected chi connectivity index (χ2v) is 10.3. The third-order valence-corrected chi connectivity index (χ3v) is 8.42. The molecule has 3 saturated heterocycles. The van der Waals surface area contributed by atoms with E-state index < -0.39 is 40.3 Å². The highest BCUT2D eigenvalue weighted by atomic mass is 32.2. The second-order valence-electron chi connectivity index (χ2n) is 8.28. The third-order valence-electron chi connectivity index (χ3n) is 6.33. The number of fused-ring (bicyclic) bond motifs is 2. The third kappa shape index (κ3) is 3.20. The highest BCUT2D eigenvalue weighted by Gasteiger charge is 2.55. The lowest BCUT2D eigenvalue weighted by Gasteiger charge is -2.41. The standard InChI is InChI=1S/C18H23F2N5O3S/c19-18(20)9-25(10-18)29(27,28)16-12-8-24(6-5-14(12)22-23-16)17(26)15-7-11-3-1-2-4-13(11)21-15/h1-4,12,14-16,21-23H,5-10H2. The number of piperidine rings is 1. The van der Waals surface area contributed by atoms with Crippen LogP contribution < -0.4 is 16.2 Å². The van der Waals surface area contributed by atoms with Crippen LogP contribution in [0.3, 0.4) is 0 Å². The molecule has 4 aliphatic heterocycles. The number of benzene rings is 1. The fraction of sp³-hybridized carbons (Fsp3) is 0.611. The van der Waals surface area contributed by atoms with E-state index in [1.165, 1.54) is 0 Å². The van der Waals surface area contributed by atoms with Gasteiger partial charge in [-0.25, -0.2) is 22.6 Å². The van der Waals surface area contributed by atoms with Gasteiger partial charge in [0.1, 0.15) is 11.4 Å². The summed E-state index contributed by atoms with van der Waals surface area (Å²) in [5.41, 5.74) is 7.80. The monoisotopic (exact) mass is 427 g/mol. The van der Waals surface area contributed by atoms with Gasteiger partial charge in [0.25, 0.3) is 5.92 Å². The molecule has 5 rings (SSSR count). The predicted molar refractivity (Wildman–Crippen MR) is 102 cm³/mol. The SMILES string of the molecule is O=C(C1Cc2ccccc2N1)N1CCC2NNC(S(=O)(=O)N3CC(F)(F)C3)C2C1. The van der Waals surface area contributed by atoms with Crippen molar-refractivity contribution in [2.75, 3.05) is 31.5 Å². The van der Waals surface area contributed by atoms with E-state index in [4.69, 9.17) is 0 Å². The molecule has 4 unspecified atom stereocenters. The van der Waals surface area contributed by atoms with Crippen LogP contribution in [0.25, 0.3) is 0 Å². The molecule has 4 atom stereocenters. The number of alkyl halides is 2. The molecule has 8 nitrogen and oxygen atoms in total. The van der Waals surface area contributed by atoms with Crippen molar-refractivity contribution in [2.24, 2.45) is 5.92 Å². The van der Waals surface area contributed by atoms with Crippen LogP contribution in [0.15, 0.2) is 24.3 Å². The molecule has 0 aliphatic carbocycles. The maximum absolute atomic E-state index is 13.2. The van der Waals surface area contributed by atoms with Crippen LogP contribution in [0.1, 0.15) is 12.0 Å². The molecule has 0 bridgehead atoms. The number of carbonyl (C=O) groups excluding carboxylic acids is 1. The molecule has 0 aromatic heterocycles. The van der Waals surface area contributed by atoms with E-state index in [-0.39, 0.29) is 24.5 Å². The number of nitrogens with one attached hydrogen (secondary N) is 3. The lowest BCUT2D eigenvalue weighted by molar-refractivity contribution is -0.133. The van der Waals surface area contributed by atoms with E-state index in [2.05, 4.69) is 16.2 Å². The van der Waals surface area contributed by atoms with Crippen molar-refractivity contribution in [3.63, 3.8) is 0 Å². The summed E-state index contributed by atoms with van der Waals surface area (Å²) in [6.45, 7) is -0.764. The van der Waals surface area contributed by atoms with Gasteiger partial charge in [-0.3, -0.25) is 10.2 Å². The molecule has 3 N–H and O–H groups in total. The first kappa shape index (κ1) is 19.2. The van der Waals surface area contributed by atoms with Gasteiger partial charge in [-0.2, -0.15) is 4.31 Å². The van der Waals surface area contributed by atoms with Gasteiger partial charge in [0.15, 0.2) is 0 Å². The Labute approximate surface area is 167 Å². The molecule has 1 aromatic rings. The average molecular weight is 427 g/mol. The van der Waals surface area contributed by atoms with Crippen molar-refractivity contribution >= 4 is 21.6 Å². The molecule has 158 valence electrons. The number of hydrogen-bond donors (Lipinski definition) is 3. The Hall–Kier alpha value is -1.82. The molecule has 1 amide bonds. The largest absolute Gasteiger partial charge is 0.373 e. The Morgan fingerprint density at radius 2 is 1.93 bits per heavy atom. The second kappa shape index (κ2) is 6.59. The van der Waals surface area contributed by atoms with Gasteiger partial charge in [-0.05, 0) is 18.1 Å². The van der Waals surface area contributed by atoms with Crippen LogP contribution in [-0.4, -0.2) is 73.1 Å². The number of amides is 1. The first-order valence-corrected chi connectivity index (χ1v) is 11.3. The van der Waals surface area contributed by atoms with E-state index >= 15 is 0 Å². The summed E-state index contributed by atoms with van der Waals surface area (Å²) in [6, 6.07) is 7.28. The normalized spacial score (nSPS) is 33.5. The molecular weight excluding hydrogens is 404 g/mol. The first-order chi connectivity index (χ1) is 13.7. The Bertz CT molecular complexity index is 910. The van der Waals surface area contributed by atoms with Gasteiger partial charge < -0.3 is 10.2 Å². The van der Waals surface area contributed by atoms with Crippen LogP contribution >= 0.6 is 0 Å². The van der Waals surface area contributed by atoms with Crippen molar-refractivity contribution in [3.05, 3.63) is 29.8 Å². The zero-order valence-electron chi connectivity index (χ0n) is 15.6. The Balaban J connectivity index is 1.28. The van der Waals surface area contributed by atoms with E-state index in [0.717, 1.165) is 15.6 Å². The summed E-state index contributed by atoms with van der Waals surface area (Å²) >= 11 is 0. The van der Waals surface area contributed by atoms with Crippen LogP contribution in [-0.2, 0) is 21.2 Å². The maximum atomic E-state index is 13.2. The van der Waals surface area contributed by atoms with Gasteiger partial charge in [0, 0.05) is 37.2 Å². The van der Waals surface area contributed by atoms with Crippen LogP contribution in [0.5, 0.6) is 0 Å². The summed E-state index contributed by atoms with van der Waals surface area (Å²) in [7, 11) is -3.93. The average Bonchev–Trinajstić information content (AvgIpc) is 3.29. The molecule has 3 fully saturated rings. The van der Waals surface area contributed by atoms with E-state index in [0.29, 0.717) is 19.4 Å². The molecule has 0 radical (unpaired) electrons. The molecule has 0 saturated carbocycles. The number of carbonyl (C=O) groups is 1. The van der Waals surface area contributed by atoms with Gasteiger partial charge in [0.2, 0.25) is 15.9 Å². The minimum atomic E-state index is -3.93. The number of anilines is 1. The fourth-order valence-corrected chi connectivity index (χ4v) is 6.73. The number of nitrogens with zero attached hydrogens (tertiary/aromatic N) is 2. The molecule has 1 aromatic carbocycles. The first-order valence-electron chi connectivity index (χ1n) is 9.76. The molecule has 11 heteroatoms. The van der Waals surface area contributed by atoms with Gasteiger partial charge in [-0.15, -0.1) is 0 Å². The summed E-state index contributed by atoms with van der Waals surface area (Å²) in [5, 5.41) is 2.23. The molecule has 29 heavy (non-hydrogen) atoms. The van der Waals surface area contributed by atoms with Gasteiger partial charge in [-0.1, -0.05) is 18.2 Å². The minimum Gasteiger partial charge on any atom is -0.373 e. The van der Waals surface area contributed by atoms with Crippen molar-refractivity contribution in [3.8, 4) is 0 Å². The number of para-hydroxylation sites is 1. The van der Waals surface area contributed by atoms with E-state index in [1.807, 2.05) is 24.3 Å². The minimum absolute atomic E-state index is 0.0572. The molecule has 4 aliphatic rings. The zero-order chi connectivity index (χ0) is 20.4. The molecule has 4 heterocycles. The number of rotatable bonds is 3. The summed E-state index contributed by atoms with van der Waals surface area (Å²) in [5.74, 6) is -3.41. The van der Waals surface area contributed by atoms with Gasteiger partial charge >= 0.3 is 0 Å². The predicted octanol–water partition coefficient (Wildman–Crippen LogP) is -0.0451. The quantitative estimate of drug-likeness (QED) is 0.627. The summed E-state index contributed by atoms with van der Waals surface area (Å²) in [4.78, 5) is 14.8. The van der Waals surface area contributed by atoms with Gasteiger partial charge in [0.05, 0.1) is 13.1 Å². The zero-order valence-corrected chi connectivity index (χ0v) is 16.5. The highest BCUT2D eigenvalue weighted by Crippen LogP contribution is 2.35. The van der Waals surface area contributed by atoms with E-state index in [9.17, 15) is 22.0 Å². The number of hydrazine groups is 1. The number of halogens is 2. The Kier molecular flexibility index (Phi) is 4.36. The topological polar surface area (TPSA) is 93.8 Å². The van der Waals surface area contributed by atoms with Crippen molar-refractivity contribution in [1.82, 2.24) is 20.1 Å². The Morgan fingerprint density at radius 3 is 2.66 bits per heavy atom. The summed E-state index contributed by atoms with van der Waals surface area (Å²) < 4.78 is 52.8. The highest BCUT2D eigenvalue weighted by molar-refractivity contribution is 7.89. The lowest BCUT2D eigenvalue weighted by atomic mass is 9.93. The molecular formula is C18H23F2N5O3S. The number of hydrogen-bond acceptors (Lipinski definition) is 6. The summed E-state index contributed by atoms with van der Waals surface area (Å²) in [6.07, 6.45) is 1.20. The van der Waals surface area contributed by atoms with E-state index in [1.54, 1.807) is 4.90 Å². The number of likely N-dealkylation sites (tertiary alicyclic amines) is 1. The van der Waals surface area contributed by atoms with Crippen molar-refractivity contribution in [2.45, 2.75) is 36.2 Å². The van der Waals surface area contributed by atoms with Crippen LogP contribution in [0.4, 0.5) is 14.5 Å². The molecule has 0 spiro atoms. The van der Waals surface area contributed by atoms with Crippen molar-refractivity contribution in [1.29, 1.82) is 0 Å². The maximum Gasteiger partial charge on any atom is 0.275 e. The van der Waals surface area contributed by atoms with Crippen LogP contribution in [0.2, 0.25) is 0 Å². The lowest BCUT2D eigenvalue weighted by Crippen LogP contribution is -2.63. The smallest absolute Gasteiger partial charge is 0.275 e.